The summed E-state index contributed by atoms with van der Waals surface area (Å²) >= 11 is 0. The lowest BCUT2D eigenvalue weighted by Crippen LogP contribution is -2.16. The van der Waals surface area contributed by atoms with Crippen molar-refractivity contribution < 1.29 is 4.74 Å². The van der Waals surface area contributed by atoms with E-state index in [1.54, 1.807) is 7.11 Å². The van der Waals surface area contributed by atoms with Crippen LogP contribution in [0.15, 0.2) is 12.1 Å². The van der Waals surface area contributed by atoms with Crippen LogP contribution in [0.2, 0.25) is 0 Å². The van der Waals surface area contributed by atoms with Crippen LogP contribution in [-0.2, 0) is 6.42 Å². The molecular weight excluding hydrogens is 176 g/mol. The summed E-state index contributed by atoms with van der Waals surface area (Å²) < 4.78 is 5.33. The number of rotatable bonds is 2. The molecule has 0 fully saturated rings. The molecule has 1 aromatic carbocycles. The van der Waals surface area contributed by atoms with Crippen molar-refractivity contribution in [2.75, 3.05) is 17.7 Å². The summed E-state index contributed by atoms with van der Waals surface area (Å²) in [6.07, 6.45) is 1.30. The zero-order valence-corrected chi connectivity index (χ0v) is 8.85. The molecular formula is C11H16N2O. The molecule has 2 N–H and O–H groups in total. The van der Waals surface area contributed by atoms with E-state index in [4.69, 9.17) is 4.74 Å². The lowest BCUT2D eigenvalue weighted by atomic mass is 10.1. The Balaban J connectivity index is 2.43. The number of nitrogens with one attached hydrogen (secondary N) is 2. The minimum Gasteiger partial charge on any atom is -0.496 e. The Labute approximate surface area is 84.5 Å². The number of anilines is 2. The van der Waals surface area contributed by atoms with E-state index < -0.39 is 0 Å². The number of hydrogen-bond donors (Lipinski definition) is 2. The van der Waals surface area contributed by atoms with E-state index in [2.05, 4.69) is 36.6 Å². The van der Waals surface area contributed by atoms with Crippen LogP contribution in [0.1, 0.15) is 19.4 Å². The molecule has 14 heavy (non-hydrogen) atoms. The van der Waals surface area contributed by atoms with E-state index in [0.717, 1.165) is 17.9 Å². The normalized spacial score (nSPS) is 18.4. The molecule has 1 aromatic rings. The largest absolute Gasteiger partial charge is 0.496 e. The summed E-state index contributed by atoms with van der Waals surface area (Å²) in [5.74, 6) is 0.967. The molecule has 0 saturated carbocycles. The smallest absolute Gasteiger partial charge is 0.124 e. The number of methoxy groups -OCH3 is 1. The molecule has 0 aromatic heterocycles. The van der Waals surface area contributed by atoms with E-state index in [9.17, 15) is 0 Å². The van der Waals surface area contributed by atoms with Crippen molar-refractivity contribution in [2.45, 2.75) is 26.4 Å². The van der Waals surface area contributed by atoms with E-state index in [0.29, 0.717) is 6.17 Å². The molecule has 1 unspecified atom stereocenters. The van der Waals surface area contributed by atoms with Gasteiger partial charge in [-0.15, -0.1) is 0 Å². The van der Waals surface area contributed by atoms with Crippen LogP contribution in [0.4, 0.5) is 11.4 Å². The summed E-state index contributed by atoms with van der Waals surface area (Å²) in [5, 5.41) is 6.69. The highest BCUT2D eigenvalue weighted by Gasteiger charge is 2.17. The van der Waals surface area contributed by atoms with Crippen LogP contribution >= 0.6 is 0 Å². The highest BCUT2D eigenvalue weighted by atomic mass is 16.5. The van der Waals surface area contributed by atoms with Crippen molar-refractivity contribution >= 4 is 11.4 Å². The monoisotopic (exact) mass is 192 g/mol. The van der Waals surface area contributed by atoms with Crippen molar-refractivity contribution in [2.24, 2.45) is 0 Å². The van der Waals surface area contributed by atoms with Gasteiger partial charge in [0, 0.05) is 6.07 Å². The molecule has 1 heterocycles. The second kappa shape index (κ2) is 3.40. The van der Waals surface area contributed by atoms with E-state index >= 15 is 0 Å². The fourth-order valence-corrected chi connectivity index (χ4v) is 1.83. The second-order valence-corrected chi connectivity index (χ2v) is 3.57. The van der Waals surface area contributed by atoms with Gasteiger partial charge < -0.3 is 15.4 Å². The first-order valence-corrected chi connectivity index (χ1v) is 4.98. The topological polar surface area (TPSA) is 33.3 Å². The van der Waals surface area contributed by atoms with Gasteiger partial charge in [0.05, 0.1) is 24.7 Å². The summed E-state index contributed by atoms with van der Waals surface area (Å²) in [6.45, 7) is 4.23. The average Bonchev–Trinajstić information content (AvgIpc) is 2.54. The number of aryl methyl sites for hydroxylation is 1. The molecule has 0 bridgehead atoms. The lowest BCUT2D eigenvalue weighted by Gasteiger charge is -2.08. The van der Waals surface area contributed by atoms with Gasteiger partial charge in [-0.25, -0.2) is 0 Å². The third-order valence-corrected chi connectivity index (χ3v) is 2.55. The summed E-state index contributed by atoms with van der Waals surface area (Å²) in [7, 11) is 1.71. The molecule has 3 heteroatoms. The van der Waals surface area contributed by atoms with Gasteiger partial charge in [-0.3, -0.25) is 0 Å². The first-order chi connectivity index (χ1) is 6.74. The van der Waals surface area contributed by atoms with Gasteiger partial charge in [-0.2, -0.15) is 0 Å². The van der Waals surface area contributed by atoms with Crippen molar-refractivity contribution in [3.8, 4) is 5.75 Å². The quantitative estimate of drug-likeness (QED) is 0.755. The van der Waals surface area contributed by atoms with Crippen LogP contribution in [-0.4, -0.2) is 13.3 Å². The van der Waals surface area contributed by atoms with Gasteiger partial charge in [-0.1, -0.05) is 6.92 Å². The highest BCUT2D eigenvalue weighted by Crippen LogP contribution is 2.35. The molecule has 3 nitrogen and oxygen atoms in total. The third-order valence-electron chi connectivity index (χ3n) is 2.55. The number of benzene rings is 1. The molecule has 1 aliphatic rings. The zero-order chi connectivity index (χ0) is 10.1. The van der Waals surface area contributed by atoms with Gasteiger partial charge in [0.25, 0.3) is 0 Å². The zero-order valence-electron chi connectivity index (χ0n) is 8.85. The van der Waals surface area contributed by atoms with Crippen LogP contribution in [0.3, 0.4) is 0 Å². The minimum absolute atomic E-state index is 0.307. The Morgan fingerprint density at radius 3 is 2.50 bits per heavy atom. The highest BCUT2D eigenvalue weighted by molar-refractivity contribution is 5.77. The first kappa shape index (κ1) is 9.19. The van der Waals surface area contributed by atoms with E-state index in [1.807, 2.05) is 0 Å². The average molecular weight is 192 g/mol. The van der Waals surface area contributed by atoms with E-state index in [1.165, 1.54) is 11.3 Å². The Kier molecular flexibility index (Phi) is 2.23. The van der Waals surface area contributed by atoms with Crippen LogP contribution in [0.25, 0.3) is 0 Å². The van der Waals surface area contributed by atoms with Gasteiger partial charge in [-0.05, 0) is 25.0 Å². The van der Waals surface area contributed by atoms with Crippen LogP contribution in [0.5, 0.6) is 5.75 Å². The fourth-order valence-electron chi connectivity index (χ4n) is 1.83. The summed E-state index contributed by atoms with van der Waals surface area (Å²) in [5.41, 5.74) is 3.55. The number of fused-ring (bicyclic) bond motifs is 1. The Hall–Kier alpha value is -1.38. The Bertz CT molecular complexity index is 316. The SMILES string of the molecule is CCc1cc2c(cc1OC)NC(C)N2. The third kappa shape index (κ3) is 1.39. The molecule has 0 amide bonds. The predicted molar refractivity (Wildman–Crippen MR) is 59.1 cm³/mol. The van der Waals surface area contributed by atoms with Gasteiger partial charge in [0.1, 0.15) is 5.75 Å². The molecule has 0 aliphatic carbocycles. The maximum absolute atomic E-state index is 5.33. The van der Waals surface area contributed by atoms with Gasteiger partial charge >= 0.3 is 0 Å². The predicted octanol–water partition coefficient (Wildman–Crippen LogP) is 2.44. The van der Waals surface area contributed by atoms with Crippen molar-refractivity contribution in [3.63, 3.8) is 0 Å². The maximum Gasteiger partial charge on any atom is 0.124 e. The lowest BCUT2D eigenvalue weighted by molar-refractivity contribution is 0.410. The summed E-state index contributed by atoms with van der Waals surface area (Å²) in [6, 6.07) is 4.22. The number of hydrogen-bond acceptors (Lipinski definition) is 3. The Morgan fingerprint density at radius 2 is 1.93 bits per heavy atom. The second-order valence-electron chi connectivity index (χ2n) is 3.57. The maximum atomic E-state index is 5.33. The standard InChI is InChI=1S/C11H16N2O/c1-4-8-5-9-10(6-11(8)14-3)13-7(2)12-9/h5-7,12-13H,4H2,1-3H3. The van der Waals surface area contributed by atoms with Crippen LogP contribution < -0.4 is 15.4 Å². The van der Waals surface area contributed by atoms with Gasteiger partial charge in [0.2, 0.25) is 0 Å². The van der Waals surface area contributed by atoms with Crippen LogP contribution in [0, 0.1) is 0 Å². The van der Waals surface area contributed by atoms with Crippen molar-refractivity contribution in [1.82, 2.24) is 0 Å². The fraction of sp³-hybridized carbons (Fsp3) is 0.455. The van der Waals surface area contributed by atoms with Crippen molar-refractivity contribution in [3.05, 3.63) is 17.7 Å². The molecule has 76 valence electrons. The minimum atomic E-state index is 0.307. The molecule has 2 rings (SSSR count). The van der Waals surface area contributed by atoms with E-state index in [-0.39, 0.29) is 0 Å². The molecule has 0 saturated heterocycles. The molecule has 1 atom stereocenters. The van der Waals surface area contributed by atoms with Crippen molar-refractivity contribution in [1.29, 1.82) is 0 Å². The van der Waals surface area contributed by atoms with Gasteiger partial charge in [0.15, 0.2) is 0 Å². The Morgan fingerprint density at radius 1 is 1.29 bits per heavy atom. The number of ether oxygens (including phenoxy) is 1. The molecule has 0 spiro atoms. The molecule has 0 radical (unpaired) electrons. The first-order valence-electron chi connectivity index (χ1n) is 4.98. The molecule has 1 aliphatic heterocycles. The summed E-state index contributed by atoms with van der Waals surface area (Å²) in [4.78, 5) is 0.